The van der Waals surface area contributed by atoms with Crippen molar-refractivity contribution in [3.05, 3.63) is 14.7 Å². The summed E-state index contributed by atoms with van der Waals surface area (Å²) in [6.07, 6.45) is 3.54. The Morgan fingerprint density at radius 1 is 1.15 bits per heavy atom. The lowest BCUT2D eigenvalue weighted by Crippen LogP contribution is -2.32. The van der Waals surface area contributed by atoms with Gasteiger partial charge in [-0.1, -0.05) is 39.4 Å². The summed E-state index contributed by atoms with van der Waals surface area (Å²) in [6.45, 7) is 13.5. The number of anilines is 2. The normalized spacial score (nSPS) is 11.8. The molecule has 0 saturated heterocycles. The van der Waals surface area contributed by atoms with Gasteiger partial charge < -0.3 is 10.2 Å². The fourth-order valence-corrected chi connectivity index (χ4v) is 2.64. The van der Waals surface area contributed by atoms with Gasteiger partial charge in [0.2, 0.25) is 5.43 Å². The first kappa shape index (κ1) is 17.2. The molecule has 114 valence electrons. The zero-order valence-electron chi connectivity index (χ0n) is 13.5. The van der Waals surface area contributed by atoms with Gasteiger partial charge in [0.25, 0.3) is 0 Å². The van der Waals surface area contributed by atoms with Crippen LogP contribution in [0.15, 0.2) is 4.79 Å². The van der Waals surface area contributed by atoms with Crippen LogP contribution in [0.2, 0.25) is 0 Å². The molecule has 0 aliphatic heterocycles. The van der Waals surface area contributed by atoms with Crippen LogP contribution in [-0.4, -0.2) is 19.6 Å². The fourth-order valence-electron chi connectivity index (χ4n) is 2.38. The standard InChI is InChI=1S/C16H28N2OS/c1-6-18(7-2)13-12(15(20)14(13)19)17-11-9-8-10-16(3,4)5/h17H,6-11H2,1-5H3. The van der Waals surface area contributed by atoms with Crippen LogP contribution >= 0.6 is 12.2 Å². The number of hydrogen-bond acceptors (Lipinski definition) is 4. The third-order valence-electron chi connectivity index (χ3n) is 3.62. The first-order chi connectivity index (χ1) is 9.31. The van der Waals surface area contributed by atoms with Crippen LogP contribution in [0.3, 0.4) is 0 Å². The van der Waals surface area contributed by atoms with Crippen molar-refractivity contribution >= 4 is 23.6 Å². The molecule has 0 aliphatic carbocycles. The van der Waals surface area contributed by atoms with E-state index in [1.807, 2.05) is 0 Å². The number of nitrogens with zero attached hydrogens (tertiary/aromatic N) is 1. The van der Waals surface area contributed by atoms with E-state index in [1.165, 1.54) is 12.8 Å². The SMILES string of the molecule is CCN(CC)c1c(NCCCCC(C)(C)C)c(=S)c1=O. The van der Waals surface area contributed by atoms with Crippen molar-refractivity contribution in [1.82, 2.24) is 0 Å². The van der Waals surface area contributed by atoms with Gasteiger partial charge in [-0.25, -0.2) is 0 Å². The van der Waals surface area contributed by atoms with E-state index >= 15 is 0 Å². The van der Waals surface area contributed by atoms with E-state index in [0.29, 0.717) is 9.93 Å². The predicted octanol–water partition coefficient (Wildman–Crippen LogP) is 4.13. The van der Waals surface area contributed by atoms with Gasteiger partial charge in [-0.3, -0.25) is 4.79 Å². The lowest BCUT2D eigenvalue weighted by atomic mass is 9.90. The molecule has 0 amide bonds. The summed E-state index contributed by atoms with van der Waals surface area (Å²) in [6, 6.07) is 0. The third kappa shape index (κ3) is 4.30. The predicted molar refractivity (Wildman–Crippen MR) is 91.3 cm³/mol. The van der Waals surface area contributed by atoms with Crippen LogP contribution in [0.25, 0.3) is 0 Å². The zero-order chi connectivity index (χ0) is 15.3. The van der Waals surface area contributed by atoms with Crippen molar-refractivity contribution in [2.75, 3.05) is 29.9 Å². The minimum Gasteiger partial charge on any atom is -0.382 e. The van der Waals surface area contributed by atoms with Crippen LogP contribution in [0.1, 0.15) is 53.9 Å². The minimum atomic E-state index is 0.0286. The van der Waals surface area contributed by atoms with Crippen molar-refractivity contribution in [3.8, 4) is 0 Å². The first-order valence-corrected chi connectivity index (χ1v) is 8.04. The largest absolute Gasteiger partial charge is 0.382 e. The first-order valence-electron chi connectivity index (χ1n) is 7.64. The topological polar surface area (TPSA) is 32.3 Å². The molecule has 4 heteroatoms. The molecule has 0 aromatic heterocycles. The molecule has 1 N–H and O–H groups in total. The Labute approximate surface area is 128 Å². The molecule has 1 aromatic rings. The smallest absolute Gasteiger partial charge is 0.224 e. The van der Waals surface area contributed by atoms with Crippen LogP contribution in [-0.2, 0) is 0 Å². The molecule has 0 fully saturated rings. The maximum Gasteiger partial charge on any atom is 0.224 e. The molecule has 0 heterocycles. The summed E-state index contributed by atoms with van der Waals surface area (Å²) in [7, 11) is 0. The van der Waals surface area contributed by atoms with Crippen molar-refractivity contribution in [1.29, 1.82) is 0 Å². The Balaban J connectivity index is 2.51. The average Bonchev–Trinajstić information content (AvgIpc) is 2.39. The second-order valence-corrected chi connectivity index (χ2v) is 6.91. The minimum absolute atomic E-state index is 0.0286. The summed E-state index contributed by atoms with van der Waals surface area (Å²) in [4.78, 5) is 13.9. The summed E-state index contributed by atoms with van der Waals surface area (Å²) >= 11 is 5.16. The van der Waals surface area contributed by atoms with Crippen molar-refractivity contribution in [2.45, 2.75) is 53.9 Å². The fraction of sp³-hybridized carbons (Fsp3) is 0.750. The molecular formula is C16H28N2OS. The molecule has 0 atom stereocenters. The van der Waals surface area contributed by atoms with Gasteiger partial charge in [0.05, 0.1) is 5.69 Å². The summed E-state index contributed by atoms with van der Waals surface area (Å²) < 4.78 is 0.475. The number of nitrogens with one attached hydrogen (secondary N) is 1. The molecule has 20 heavy (non-hydrogen) atoms. The number of hydrogen-bond donors (Lipinski definition) is 1. The highest BCUT2D eigenvalue weighted by molar-refractivity contribution is 7.71. The van der Waals surface area contributed by atoms with Gasteiger partial charge in [-0.15, -0.1) is 0 Å². The highest BCUT2D eigenvalue weighted by Gasteiger charge is 2.21. The van der Waals surface area contributed by atoms with E-state index in [0.717, 1.165) is 37.4 Å². The van der Waals surface area contributed by atoms with Gasteiger partial charge in [0.1, 0.15) is 10.2 Å². The van der Waals surface area contributed by atoms with Crippen molar-refractivity contribution < 1.29 is 0 Å². The van der Waals surface area contributed by atoms with E-state index in [4.69, 9.17) is 12.2 Å². The molecule has 0 spiro atoms. The van der Waals surface area contributed by atoms with Gasteiger partial charge in [-0.05, 0) is 32.1 Å². The van der Waals surface area contributed by atoms with Gasteiger partial charge in [0, 0.05) is 19.6 Å². The second-order valence-electron chi connectivity index (χ2n) is 6.50. The lowest BCUT2D eigenvalue weighted by molar-refractivity contribution is 0.362. The summed E-state index contributed by atoms with van der Waals surface area (Å²) in [5.41, 5.74) is 2.11. The van der Waals surface area contributed by atoms with Gasteiger partial charge in [0.15, 0.2) is 0 Å². The van der Waals surface area contributed by atoms with E-state index in [2.05, 4.69) is 44.8 Å². The molecule has 3 nitrogen and oxygen atoms in total. The van der Waals surface area contributed by atoms with Crippen LogP contribution in [0, 0.1) is 9.93 Å². The van der Waals surface area contributed by atoms with Gasteiger partial charge >= 0.3 is 0 Å². The van der Waals surface area contributed by atoms with Crippen LogP contribution in [0.5, 0.6) is 0 Å². The van der Waals surface area contributed by atoms with Crippen molar-refractivity contribution in [3.63, 3.8) is 0 Å². The average molecular weight is 296 g/mol. The monoisotopic (exact) mass is 296 g/mol. The van der Waals surface area contributed by atoms with E-state index in [-0.39, 0.29) is 5.43 Å². The quantitative estimate of drug-likeness (QED) is 0.577. The molecule has 0 aliphatic rings. The Morgan fingerprint density at radius 2 is 1.75 bits per heavy atom. The second kappa shape index (κ2) is 7.21. The Kier molecular flexibility index (Phi) is 6.18. The van der Waals surface area contributed by atoms with E-state index in [9.17, 15) is 4.79 Å². The maximum atomic E-state index is 11.9. The maximum absolute atomic E-state index is 11.9. The van der Waals surface area contributed by atoms with Crippen LogP contribution in [0.4, 0.5) is 11.4 Å². The molecule has 0 saturated carbocycles. The molecular weight excluding hydrogens is 268 g/mol. The molecule has 0 bridgehead atoms. The lowest BCUT2D eigenvalue weighted by Gasteiger charge is -2.26. The Bertz CT molecular complexity index is 491. The molecule has 0 radical (unpaired) electrons. The number of rotatable bonds is 8. The van der Waals surface area contributed by atoms with E-state index in [1.54, 1.807) is 0 Å². The van der Waals surface area contributed by atoms with Crippen molar-refractivity contribution in [2.24, 2.45) is 5.41 Å². The van der Waals surface area contributed by atoms with Gasteiger partial charge in [-0.2, -0.15) is 0 Å². The summed E-state index contributed by atoms with van der Waals surface area (Å²) in [5, 5.41) is 3.36. The number of unbranched alkanes of at least 4 members (excludes halogenated alkanes) is 1. The highest BCUT2D eigenvalue weighted by atomic mass is 32.1. The Morgan fingerprint density at radius 3 is 2.25 bits per heavy atom. The summed E-state index contributed by atoms with van der Waals surface area (Å²) in [5.74, 6) is 0. The Hall–Kier alpha value is -0.900. The zero-order valence-corrected chi connectivity index (χ0v) is 14.3. The van der Waals surface area contributed by atoms with E-state index < -0.39 is 0 Å². The molecule has 1 aromatic carbocycles. The highest BCUT2D eigenvalue weighted by Crippen LogP contribution is 2.27. The molecule has 0 unspecified atom stereocenters. The third-order valence-corrected chi connectivity index (χ3v) is 4.01. The molecule has 1 rings (SSSR count). The van der Waals surface area contributed by atoms with Crippen LogP contribution < -0.4 is 15.6 Å².